The molecular weight excluding hydrogens is 298 g/mol. The summed E-state index contributed by atoms with van der Waals surface area (Å²) in [6.45, 7) is 4.97. The molecule has 5 nitrogen and oxygen atoms in total. The molecule has 0 unspecified atom stereocenters. The van der Waals surface area contributed by atoms with Gasteiger partial charge in [-0.05, 0) is 20.5 Å². The van der Waals surface area contributed by atoms with Gasteiger partial charge in [0.05, 0.1) is 0 Å². The summed E-state index contributed by atoms with van der Waals surface area (Å²) in [4.78, 5) is 11.5. The average molecular weight is 327 g/mol. The Balaban J connectivity index is 2.13. The van der Waals surface area contributed by atoms with Crippen molar-refractivity contribution < 1.29 is 0 Å². The first-order valence-electron chi connectivity index (χ1n) is 8.76. The van der Waals surface area contributed by atoms with Crippen LogP contribution in [0.1, 0.15) is 26.2 Å². The standard InChI is InChI=1S/C19H29N5/c1-4-5-9-12-20-17-15-18(21-13-14-24(2)3)23-19(22-17)16-10-7-6-8-11-16/h6-8,10-11,15H,4-5,9,12-14H2,1-3H3,(H2,20,21,22,23). The predicted molar refractivity (Wildman–Crippen MR) is 103 cm³/mol. The molecule has 0 aliphatic carbocycles. The van der Waals surface area contributed by atoms with Gasteiger partial charge in [-0.25, -0.2) is 9.97 Å². The van der Waals surface area contributed by atoms with Crippen molar-refractivity contribution in [3.8, 4) is 11.4 Å². The molecule has 2 rings (SSSR count). The highest BCUT2D eigenvalue weighted by Gasteiger charge is 2.06. The summed E-state index contributed by atoms with van der Waals surface area (Å²) in [5, 5.41) is 6.82. The van der Waals surface area contributed by atoms with Crippen LogP contribution < -0.4 is 10.6 Å². The van der Waals surface area contributed by atoms with Crippen LogP contribution in [0.5, 0.6) is 0 Å². The van der Waals surface area contributed by atoms with Crippen LogP contribution in [0.25, 0.3) is 11.4 Å². The van der Waals surface area contributed by atoms with Crippen molar-refractivity contribution in [3.05, 3.63) is 36.4 Å². The molecule has 0 bridgehead atoms. The molecule has 0 fully saturated rings. The number of hydrogen-bond donors (Lipinski definition) is 2. The van der Waals surface area contributed by atoms with Gasteiger partial charge in [-0.1, -0.05) is 50.1 Å². The van der Waals surface area contributed by atoms with Gasteiger partial charge in [-0.15, -0.1) is 0 Å². The van der Waals surface area contributed by atoms with Crippen LogP contribution in [-0.4, -0.2) is 48.6 Å². The molecule has 2 aromatic rings. The van der Waals surface area contributed by atoms with E-state index in [0.29, 0.717) is 0 Å². The molecule has 2 N–H and O–H groups in total. The third-order valence-corrected chi connectivity index (χ3v) is 3.71. The topological polar surface area (TPSA) is 53.1 Å². The van der Waals surface area contributed by atoms with E-state index >= 15 is 0 Å². The van der Waals surface area contributed by atoms with E-state index in [4.69, 9.17) is 0 Å². The van der Waals surface area contributed by atoms with Crippen molar-refractivity contribution in [3.63, 3.8) is 0 Å². The van der Waals surface area contributed by atoms with Crippen molar-refractivity contribution in [1.82, 2.24) is 14.9 Å². The van der Waals surface area contributed by atoms with Crippen LogP contribution in [0, 0.1) is 0 Å². The Kier molecular flexibility index (Phi) is 7.49. The van der Waals surface area contributed by atoms with Gasteiger partial charge in [0.2, 0.25) is 0 Å². The second-order valence-electron chi connectivity index (χ2n) is 6.19. The second kappa shape index (κ2) is 9.88. The van der Waals surface area contributed by atoms with Crippen LogP contribution in [0.2, 0.25) is 0 Å². The van der Waals surface area contributed by atoms with E-state index in [9.17, 15) is 0 Å². The lowest BCUT2D eigenvalue weighted by Gasteiger charge is -2.13. The molecule has 1 heterocycles. The molecular formula is C19H29N5. The number of nitrogens with zero attached hydrogens (tertiary/aromatic N) is 3. The number of aromatic nitrogens is 2. The molecule has 0 saturated heterocycles. The van der Waals surface area contributed by atoms with Gasteiger partial charge in [-0.3, -0.25) is 0 Å². The SMILES string of the molecule is CCCCCNc1cc(NCCN(C)C)nc(-c2ccccc2)n1. The molecule has 0 amide bonds. The minimum atomic E-state index is 0.753. The zero-order valence-corrected chi connectivity index (χ0v) is 15.0. The van der Waals surface area contributed by atoms with E-state index < -0.39 is 0 Å². The van der Waals surface area contributed by atoms with E-state index in [1.807, 2.05) is 36.4 Å². The lowest BCUT2D eigenvalue weighted by atomic mass is 10.2. The van der Waals surface area contributed by atoms with Gasteiger partial charge < -0.3 is 15.5 Å². The first kappa shape index (κ1) is 18.2. The summed E-state index contributed by atoms with van der Waals surface area (Å²) in [6.07, 6.45) is 3.61. The molecule has 1 aromatic heterocycles. The molecule has 0 saturated carbocycles. The van der Waals surface area contributed by atoms with Crippen molar-refractivity contribution in [2.24, 2.45) is 0 Å². The van der Waals surface area contributed by atoms with E-state index in [0.717, 1.165) is 49.1 Å². The number of unbranched alkanes of at least 4 members (excludes halogenated alkanes) is 2. The smallest absolute Gasteiger partial charge is 0.163 e. The number of anilines is 2. The first-order chi connectivity index (χ1) is 11.7. The maximum absolute atomic E-state index is 4.67. The van der Waals surface area contributed by atoms with Gasteiger partial charge in [0.15, 0.2) is 5.82 Å². The van der Waals surface area contributed by atoms with Gasteiger partial charge in [0, 0.05) is 31.3 Å². The number of benzene rings is 1. The number of likely N-dealkylation sites (N-methyl/N-ethyl adjacent to an activating group) is 1. The van der Waals surface area contributed by atoms with Crippen molar-refractivity contribution in [2.45, 2.75) is 26.2 Å². The second-order valence-corrected chi connectivity index (χ2v) is 6.19. The summed E-state index contributed by atoms with van der Waals surface area (Å²) in [5.41, 5.74) is 1.03. The molecule has 0 radical (unpaired) electrons. The summed E-state index contributed by atoms with van der Waals surface area (Å²) >= 11 is 0. The minimum Gasteiger partial charge on any atom is -0.370 e. The quantitative estimate of drug-likeness (QED) is 0.651. The van der Waals surface area contributed by atoms with Gasteiger partial charge >= 0.3 is 0 Å². The van der Waals surface area contributed by atoms with E-state index in [1.165, 1.54) is 12.8 Å². The van der Waals surface area contributed by atoms with Crippen molar-refractivity contribution in [2.75, 3.05) is 44.4 Å². The molecule has 0 spiro atoms. The fourth-order valence-corrected chi connectivity index (χ4v) is 2.34. The van der Waals surface area contributed by atoms with Gasteiger partial charge in [-0.2, -0.15) is 0 Å². The third-order valence-electron chi connectivity index (χ3n) is 3.71. The Bertz CT molecular complexity index is 598. The Morgan fingerprint density at radius 1 is 0.917 bits per heavy atom. The highest BCUT2D eigenvalue weighted by atomic mass is 15.1. The lowest BCUT2D eigenvalue weighted by Crippen LogP contribution is -2.21. The first-order valence-corrected chi connectivity index (χ1v) is 8.76. The Morgan fingerprint density at radius 3 is 2.21 bits per heavy atom. The zero-order valence-electron chi connectivity index (χ0n) is 15.0. The third kappa shape index (κ3) is 6.16. The average Bonchev–Trinajstić information content (AvgIpc) is 2.59. The van der Waals surface area contributed by atoms with Crippen molar-refractivity contribution >= 4 is 11.6 Å². The van der Waals surface area contributed by atoms with Crippen LogP contribution in [0.4, 0.5) is 11.6 Å². The molecule has 0 atom stereocenters. The monoisotopic (exact) mass is 327 g/mol. The number of hydrogen-bond acceptors (Lipinski definition) is 5. The molecule has 5 heteroatoms. The Labute approximate surface area is 145 Å². The molecule has 0 aliphatic rings. The van der Waals surface area contributed by atoms with Crippen LogP contribution in [0.3, 0.4) is 0 Å². The van der Waals surface area contributed by atoms with E-state index in [2.05, 4.69) is 46.5 Å². The highest BCUT2D eigenvalue weighted by Crippen LogP contribution is 2.20. The zero-order chi connectivity index (χ0) is 17.2. The fourth-order valence-electron chi connectivity index (χ4n) is 2.34. The van der Waals surface area contributed by atoms with Gasteiger partial charge in [0.1, 0.15) is 11.6 Å². The summed E-state index contributed by atoms with van der Waals surface area (Å²) in [6, 6.07) is 12.1. The minimum absolute atomic E-state index is 0.753. The van der Waals surface area contributed by atoms with Crippen LogP contribution in [-0.2, 0) is 0 Å². The van der Waals surface area contributed by atoms with E-state index in [-0.39, 0.29) is 0 Å². The highest BCUT2D eigenvalue weighted by molar-refractivity contribution is 5.61. The number of rotatable bonds is 10. The summed E-state index contributed by atoms with van der Waals surface area (Å²) in [7, 11) is 4.13. The maximum atomic E-state index is 4.67. The largest absolute Gasteiger partial charge is 0.370 e. The van der Waals surface area contributed by atoms with E-state index in [1.54, 1.807) is 0 Å². The fraction of sp³-hybridized carbons (Fsp3) is 0.474. The number of nitrogens with one attached hydrogen (secondary N) is 2. The maximum Gasteiger partial charge on any atom is 0.163 e. The molecule has 24 heavy (non-hydrogen) atoms. The Morgan fingerprint density at radius 2 is 1.58 bits per heavy atom. The predicted octanol–water partition coefficient (Wildman–Crippen LogP) is 3.72. The normalized spacial score (nSPS) is 10.8. The lowest BCUT2D eigenvalue weighted by molar-refractivity contribution is 0.425. The van der Waals surface area contributed by atoms with Crippen LogP contribution >= 0.6 is 0 Å². The molecule has 130 valence electrons. The van der Waals surface area contributed by atoms with Crippen molar-refractivity contribution in [1.29, 1.82) is 0 Å². The Hall–Kier alpha value is -2.14. The summed E-state index contributed by atoms with van der Waals surface area (Å²) < 4.78 is 0. The molecule has 0 aliphatic heterocycles. The summed E-state index contributed by atoms with van der Waals surface area (Å²) in [5.74, 6) is 2.50. The van der Waals surface area contributed by atoms with Gasteiger partial charge in [0.25, 0.3) is 0 Å². The molecule has 1 aromatic carbocycles. The van der Waals surface area contributed by atoms with Crippen LogP contribution in [0.15, 0.2) is 36.4 Å².